The predicted molar refractivity (Wildman–Crippen MR) is 87.8 cm³/mol. The monoisotopic (exact) mass is 327 g/mol. The molecule has 2 N–H and O–H groups in total. The van der Waals surface area contributed by atoms with Crippen LogP contribution in [-0.2, 0) is 0 Å². The standard InChI is InChI=1S/C15H26BrN3/c1-5-8-19(10-9-18(3)4)15-7-6-13(12(2)17)11-14(15)16/h6-7,11-12H,5,8-10,17H2,1-4H3/t12-/m1/s1. The molecule has 0 saturated heterocycles. The van der Waals surface area contributed by atoms with Crippen LogP contribution in [0.5, 0.6) is 0 Å². The number of halogens is 1. The van der Waals surface area contributed by atoms with Crippen LogP contribution in [0.1, 0.15) is 31.9 Å². The number of anilines is 1. The molecule has 0 spiro atoms. The van der Waals surface area contributed by atoms with Gasteiger partial charge in [0.1, 0.15) is 0 Å². The van der Waals surface area contributed by atoms with Gasteiger partial charge in [-0.05, 0) is 61.1 Å². The van der Waals surface area contributed by atoms with Crippen LogP contribution >= 0.6 is 15.9 Å². The SMILES string of the molecule is CCCN(CCN(C)C)c1ccc([C@@H](C)N)cc1Br. The molecule has 108 valence electrons. The maximum atomic E-state index is 5.92. The lowest BCUT2D eigenvalue weighted by Crippen LogP contribution is -2.32. The second-order valence-electron chi connectivity index (χ2n) is 5.29. The second kappa shape index (κ2) is 7.88. The van der Waals surface area contributed by atoms with E-state index in [1.165, 1.54) is 11.3 Å². The first-order valence-electron chi connectivity index (χ1n) is 6.90. The third-order valence-electron chi connectivity index (χ3n) is 3.15. The highest BCUT2D eigenvalue weighted by Crippen LogP contribution is 2.29. The van der Waals surface area contributed by atoms with E-state index in [0.717, 1.165) is 30.5 Å². The summed E-state index contributed by atoms with van der Waals surface area (Å²) in [7, 11) is 4.22. The largest absolute Gasteiger partial charge is 0.369 e. The van der Waals surface area contributed by atoms with Crippen molar-refractivity contribution in [3.05, 3.63) is 28.2 Å². The van der Waals surface area contributed by atoms with Crippen molar-refractivity contribution < 1.29 is 0 Å². The summed E-state index contributed by atoms with van der Waals surface area (Å²) >= 11 is 3.68. The number of nitrogens with zero attached hydrogens (tertiary/aromatic N) is 2. The molecule has 1 rings (SSSR count). The summed E-state index contributed by atoms with van der Waals surface area (Å²) in [6.07, 6.45) is 1.15. The zero-order valence-electron chi connectivity index (χ0n) is 12.5. The van der Waals surface area contributed by atoms with Gasteiger partial charge in [0.05, 0.1) is 5.69 Å². The van der Waals surface area contributed by atoms with Gasteiger partial charge < -0.3 is 15.5 Å². The van der Waals surface area contributed by atoms with E-state index in [0.29, 0.717) is 0 Å². The van der Waals surface area contributed by atoms with Crippen molar-refractivity contribution in [3.8, 4) is 0 Å². The Bertz CT molecular complexity index is 391. The van der Waals surface area contributed by atoms with E-state index in [2.05, 4.69) is 64.9 Å². The Morgan fingerprint density at radius 3 is 2.37 bits per heavy atom. The number of rotatable bonds is 7. The van der Waals surface area contributed by atoms with Crippen molar-refractivity contribution in [2.24, 2.45) is 5.73 Å². The van der Waals surface area contributed by atoms with Gasteiger partial charge >= 0.3 is 0 Å². The maximum absolute atomic E-state index is 5.92. The van der Waals surface area contributed by atoms with Crippen molar-refractivity contribution >= 4 is 21.6 Å². The topological polar surface area (TPSA) is 32.5 Å². The van der Waals surface area contributed by atoms with Crippen LogP contribution in [0.2, 0.25) is 0 Å². The first-order valence-corrected chi connectivity index (χ1v) is 7.69. The van der Waals surface area contributed by atoms with Gasteiger partial charge in [-0.2, -0.15) is 0 Å². The van der Waals surface area contributed by atoms with E-state index in [-0.39, 0.29) is 6.04 Å². The van der Waals surface area contributed by atoms with Crippen molar-refractivity contribution in [2.75, 3.05) is 38.6 Å². The lowest BCUT2D eigenvalue weighted by molar-refractivity contribution is 0.413. The highest BCUT2D eigenvalue weighted by molar-refractivity contribution is 9.10. The van der Waals surface area contributed by atoms with Crippen LogP contribution in [0.15, 0.2) is 22.7 Å². The Morgan fingerprint density at radius 2 is 1.89 bits per heavy atom. The summed E-state index contributed by atoms with van der Waals surface area (Å²) in [6, 6.07) is 6.52. The van der Waals surface area contributed by atoms with Gasteiger partial charge in [-0.25, -0.2) is 0 Å². The summed E-state index contributed by atoms with van der Waals surface area (Å²) in [5, 5.41) is 0. The maximum Gasteiger partial charge on any atom is 0.0511 e. The second-order valence-corrected chi connectivity index (χ2v) is 6.14. The first-order chi connectivity index (χ1) is 8.95. The van der Waals surface area contributed by atoms with Gasteiger partial charge in [-0.15, -0.1) is 0 Å². The summed E-state index contributed by atoms with van der Waals surface area (Å²) < 4.78 is 1.13. The molecule has 0 fully saturated rings. The van der Waals surface area contributed by atoms with Crippen molar-refractivity contribution in [3.63, 3.8) is 0 Å². The van der Waals surface area contributed by atoms with Crippen molar-refractivity contribution in [2.45, 2.75) is 26.3 Å². The smallest absolute Gasteiger partial charge is 0.0511 e. The number of hydrogen-bond donors (Lipinski definition) is 1. The summed E-state index contributed by atoms with van der Waals surface area (Å²) in [5.74, 6) is 0. The van der Waals surface area contributed by atoms with Crippen molar-refractivity contribution in [1.29, 1.82) is 0 Å². The Labute approximate surface area is 125 Å². The van der Waals surface area contributed by atoms with E-state index >= 15 is 0 Å². The third-order valence-corrected chi connectivity index (χ3v) is 3.78. The van der Waals surface area contributed by atoms with Crippen LogP contribution in [0.3, 0.4) is 0 Å². The average Bonchev–Trinajstić information content (AvgIpc) is 2.34. The van der Waals surface area contributed by atoms with Gasteiger partial charge in [0, 0.05) is 30.1 Å². The number of likely N-dealkylation sites (N-methyl/N-ethyl adjacent to an activating group) is 1. The minimum absolute atomic E-state index is 0.0757. The fourth-order valence-corrected chi connectivity index (χ4v) is 2.65. The molecule has 0 aromatic heterocycles. The molecule has 0 aliphatic heterocycles. The molecule has 0 bridgehead atoms. The van der Waals surface area contributed by atoms with Crippen LogP contribution in [0.4, 0.5) is 5.69 Å². The molecule has 4 heteroatoms. The molecule has 0 aliphatic rings. The van der Waals surface area contributed by atoms with Gasteiger partial charge in [0.2, 0.25) is 0 Å². The Hall–Kier alpha value is -0.580. The highest BCUT2D eigenvalue weighted by atomic mass is 79.9. The lowest BCUT2D eigenvalue weighted by atomic mass is 10.1. The average molecular weight is 328 g/mol. The third kappa shape index (κ3) is 5.13. The van der Waals surface area contributed by atoms with Gasteiger partial charge in [0.15, 0.2) is 0 Å². The Balaban J connectivity index is 2.89. The zero-order chi connectivity index (χ0) is 14.4. The number of benzene rings is 1. The molecule has 1 atom stereocenters. The van der Waals surface area contributed by atoms with E-state index in [1.807, 2.05) is 6.92 Å². The molecule has 0 unspecified atom stereocenters. The number of hydrogen-bond acceptors (Lipinski definition) is 3. The van der Waals surface area contributed by atoms with Gasteiger partial charge in [-0.3, -0.25) is 0 Å². The fourth-order valence-electron chi connectivity index (χ4n) is 2.01. The molecule has 0 heterocycles. The quantitative estimate of drug-likeness (QED) is 0.834. The van der Waals surface area contributed by atoms with Crippen LogP contribution in [0.25, 0.3) is 0 Å². The molecule has 1 aromatic rings. The minimum Gasteiger partial charge on any atom is -0.369 e. The molecule has 0 aliphatic carbocycles. The van der Waals surface area contributed by atoms with Crippen LogP contribution in [0, 0.1) is 0 Å². The fraction of sp³-hybridized carbons (Fsp3) is 0.600. The molecular formula is C15H26BrN3. The van der Waals surface area contributed by atoms with Gasteiger partial charge in [-0.1, -0.05) is 13.0 Å². The highest BCUT2D eigenvalue weighted by Gasteiger charge is 2.11. The molecule has 1 aromatic carbocycles. The lowest BCUT2D eigenvalue weighted by Gasteiger charge is -2.27. The summed E-state index contributed by atoms with van der Waals surface area (Å²) in [4.78, 5) is 4.64. The van der Waals surface area contributed by atoms with E-state index < -0.39 is 0 Å². The molecular weight excluding hydrogens is 302 g/mol. The molecule has 3 nitrogen and oxygen atoms in total. The Morgan fingerprint density at radius 1 is 1.21 bits per heavy atom. The van der Waals surface area contributed by atoms with E-state index in [4.69, 9.17) is 5.73 Å². The summed E-state index contributed by atoms with van der Waals surface area (Å²) in [6.45, 7) is 7.40. The zero-order valence-corrected chi connectivity index (χ0v) is 14.1. The number of nitrogens with two attached hydrogens (primary N) is 1. The molecule has 19 heavy (non-hydrogen) atoms. The normalized spacial score (nSPS) is 12.8. The predicted octanol–water partition coefficient (Wildman–Crippen LogP) is 3.25. The summed E-state index contributed by atoms with van der Waals surface area (Å²) in [5.41, 5.74) is 8.35. The minimum atomic E-state index is 0.0757. The van der Waals surface area contributed by atoms with Crippen LogP contribution in [-0.4, -0.2) is 38.6 Å². The molecule has 0 amide bonds. The first kappa shape index (κ1) is 16.5. The van der Waals surface area contributed by atoms with E-state index in [9.17, 15) is 0 Å². The van der Waals surface area contributed by atoms with Crippen LogP contribution < -0.4 is 10.6 Å². The molecule has 0 saturated carbocycles. The molecule has 0 radical (unpaired) electrons. The Kier molecular flexibility index (Phi) is 6.83. The van der Waals surface area contributed by atoms with Gasteiger partial charge in [0.25, 0.3) is 0 Å². The van der Waals surface area contributed by atoms with Crippen molar-refractivity contribution in [1.82, 2.24) is 4.90 Å². The van der Waals surface area contributed by atoms with E-state index in [1.54, 1.807) is 0 Å².